The summed E-state index contributed by atoms with van der Waals surface area (Å²) < 4.78 is 10.7. The maximum atomic E-state index is 12.4. The second-order valence-corrected chi connectivity index (χ2v) is 9.93. The van der Waals surface area contributed by atoms with E-state index in [1.54, 1.807) is 12.1 Å². The molecule has 2 aromatic rings. The number of aliphatic hydroxyl groups is 1. The molecule has 0 aliphatic heterocycles. The summed E-state index contributed by atoms with van der Waals surface area (Å²) in [5, 5.41) is 22.8. The molecule has 7 N–H and O–H groups in total. The van der Waals surface area contributed by atoms with Crippen molar-refractivity contribution in [2.24, 2.45) is 5.73 Å². The number of ether oxygens (including phenoxy) is 2. The molecule has 1 aromatic heterocycles. The zero-order valence-corrected chi connectivity index (χ0v) is 23.8. The van der Waals surface area contributed by atoms with Crippen LogP contribution in [0.4, 0.5) is 17.8 Å². The van der Waals surface area contributed by atoms with Crippen LogP contribution in [0.25, 0.3) is 0 Å². The quantitative estimate of drug-likeness (QED) is 0.149. The number of rotatable bonds is 18. The smallest absolute Gasteiger partial charge is 0.251 e. The highest BCUT2D eigenvalue weighted by Crippen LogP contribution is 2.22. The summed E-state index contributed by atoms with van der Waals surface area (Å²) >= 11 is 0. The monoisotopic (exact) mass is 558 g/mol. The van der Waals surface area contributed by atoms with Gasteiger partial charge in [-0.2, -0.15) is 15.0 Å². The van der Waals surface area contributed by atoms with Crippen LogP contribution < -0.4 is 27.0 Å². The van der Waals surface area contributed by atoms with Gasteiger partial charge in [-0.25, -0.2) is 0 Å². The lowest BCUT2D eigenvalue weighted by atomic mass is 9.93. The number of nitrogens with two attached hydrogens (primary N) is 1. The highest BCUT2D eigenvalue weighted by atomic mass is 16.5. The summed E-state index contributed by atoms with van der Waals surface area (Å²) in [6.45, 7) is 7.56. The van der Waals surface area contributed by atoms with Crippen LogP contribution in [0.5, 0.6) is 0 Å². The van der Waals surface area contributed by atoms with Gasteiger partial charge in [0.25, 0.3) is 5.91 Å². The molecule has 0 bridgehead atoms. The number of nitrogens with one attached hydrogen (secondary N) is 4. The lowest BCUT2D eigenvalue weighted by Gasteiger charge is -2.26. The standard InChI is InChI=1S/C28H46N8O4/c1-3-22(4-2)32-27-34-26(35-28(36-27)33-23-9-11-24(37)12-10-23)31-19-20-5-7-21(8-6-20)25(38)30-14-16-40-18-17-39-15-13-29/h5-8,22-24,37H,3-4,9-19,29H2,1-2H3,(H,30,38)(H3,31,32,33,34,35,36). The molecule has 1 fully saturated rings. The summed E-state index contributed by atoms with van der Waals surface area (Å²) in [4.78, 5) is 26.2. The first kappa shape index (κ1) is 31.5. The number of carbonyl (C=O) groups excluding carboxylic acids is 1. The van der Waals surface area contributed by atoms with E-state index in [9.17, 15) is 9.90 Å². The molecule has 0 unspecified atom stereocenters. The van der Waals surface area contributed by atoms with Gasteiger partial charge in [0.2, 0.25) is 17.8 Å². The molecule has 222 valence electrons. The summed E-state index contributed by atoms with van der Waals surface area (Å²) in [6, 6.07) is 7.90. The Bertz CT molecular complexity index is 998. The number of hydrogen-bond acceptors (Lipinski definition) is 11. The number of benzene rings is 1. The molecule has 0 atom stereocenters. The van der Waals surface area contributed by atoms with Crippen LogP contribution in [0.1, 0.15) is 68.3 Å². The van der Waals surface area contributed by atoms with Crippen molar-refractivity contribution in [3.05, 3.63) is 35.4 Å². The largest absolute Gasteiger partial charge is 0.393 e. The number of nitrogens with zero attached hydrogens (tertiary/aromatic N) is 3. The Hall–Kier alpha value is -3.06. The predicted octanol–water partition coefficient (Wildman–Crippen LogP) is 2.52. The highest BCUT2D eigenvalue weighted by Gasteiger charge is 2.21. The minimum absolute atomic E-state index is 0.150. The summed E-state index contributed by atoms with van der Waals surface area (Å²) in [5.74, 6) is 1.37. The maximum Gasteiger partial charge on any atom is 0.251 e. The Labute approximate surface area is 237 Å². The van der Waals surface area contributed by atoms with Gasteiger partial charge >= 0.3 is 0 Å². The first-order valence-corrected chi connectivity index (χ1v) is 14.4. The Kier molecular flexibility index (Phi) is 13.8. The Balaban J connectivity index is 1.52. The maximum absolute atomic E-state index is 12.4. The molecular weight excluding hydrogens is 512 g/mol. The SMILES string of the molecule is CCC(CC)Nc1nc(NCc2ccc(C(=O)NCCOCCOCCN)cc2)nc(NC2CCC(O)CC2)n1. The van der Waals surface area contributed by atoms with Crippen molar-refractivity contribution in [2.75, 3.05) is 55.5 Å². The van der Waals surface area contributed by atoms with Gasteiger partial charge in [0.15, 0.2) is 0 Å². The van der Waals surface area contributed by atoms with Crippen molar-refractivity contribution < 1.29 is 19.4 Å². The molecule has 1 saturated carbocycles. The van der Waals surface area contributed by atoms with E-state index in [4.69, 9.17) is 15.2 Å². The average Bonchev–Trinajstić information content (AvgIpc) is 2.97. The van der Waals surface area contributed by atoms with Crippen LogP contribution in [0, 0.1) is 0 Å². The third-order valence-corrected chi connectivity index (χ3v) is 6.82. The number of anilines is 3. The molecule has 40 heavy (non-hydrogen) atoms. The van der Waals surface area contributed by atoms with Gasteiger partial charge in [0.1, 0.15) is 0 Å². The van der Waals surface area contributed by atoms with Gasteiger partial charge in [-0.3, -0.25) is 4.79 Å². The van der Waals surface area contributed by atoms with Crippen molar-refractivity contribution in [3.8, 4) is 0 Å². The zero-order chi connectivity index (χ0) is 28.6. The minimum atomic E-state index is -0.218. The van der Waals surface area contributed by atoms with Crippen molar-refractivity contribution >= 4 is 23.8 Å². The van der Waals surface area contributed by atoms with Gasteiger partial charge in [0.05, 0.1) is 32.5 Å². The van der Waals surface area contributed by atoms with Crippen LogP contribution in [0.15, 0.2) is 24.3 Å². The molecule has 1 aliphatic rings. The first-order chi connectivity index (χ1) is 19.5. The lowest BCUT2D eigenvalue weighted by molar-refractivity contribution is 0.0511. The topological polar surface area (TPSA) is 169 Å². The van der Waals surface area contributed by atoms with Crippen molar-refractivity contribution in [1.82, 2.24) is 20.3 Å². The Morgan fingerprint density at radius 3 is 2.27 bits per heavy atom. The van der Waals surface area contributed by atoms with Gasteiger partial charge in [-0.05, 0) is 56.2 Å². The van der Waals surface area contributed by atoms with Gasteiger partial charge in [0, 0.05) is 37.3 Å². The Morgan fingerprint density at radius 2 is 1.60 bits per heavy atom. The van der Waals surface area contributed by atoms with Gasteiger partial charge in [-0.15, -0.1) is 0 Å². The predicted molar refractivity (Wildman–Crippen MR) is 156 cm³/mol. The fraction of sp³-hybridized carbons (Fsp3) is 0.643. The Morgan fingerprint density at radius 1 is 0.950 bits per heavy atom. The van der Waals surface area contributed by atoms with Crippen LogP contribution in [0.2, 0.25) is 0 Å². The van der Waals surface area contributed by atoms with Crippen molar-refractivity contribution in [3.63, 3.8) is 0 Å². The number of carbonyl (C=O) groups is 1. The second kappa shape index (κ2) is 17.6. The average molecular weight is 559 g/mol. The molecule has 1 aromatic carbocycles. The van der Waals surface area contributed by atoms with Crippen LogP contribution in [-0.2, 0) is 16.0 Å². The van der Waals surface area contributed by atoms with E-state index >= 15 is 0 Å². The first-order valence-electron chi connectivity index (χ1n) is 14.4. The van der Waals surface area contributed by atoms with Gasteiger partial charge < -0.3 is 41.6 Å². The molecule has 0 saturated heterocycles. The highest BCUT2D eigenvalue weighted by molar-refractivity contribution is 5.94. The van der Waals surface area contributed by atoms with E-state index in [-0.39, 0.29) is 24.1 Å². The van der Waals surface area contributed by atoms with Crippen molar-refractivity contribution in [2.45, 2.75) is 77.1 Å². The van der Waals surface area contributed by atoms with Crippen molar-refractivity contribution in [1.29, 1.82) is 0 Å². The molecule has 12 nitrogen and oxygen atoms in total. The fourth-order valence-electron chi connectivity index (χ4n) is 4.36. The molecule has 0 spiro atoms. The third-order valence-electron chi connectivity index (χ3n) is 6.82. The molecule has 1 amide bonds. The number of hydrogen-bond donors (Lipinski definition) is 6. The number of amides is 1. The third kappa shape index (κ3) is 11.2. The molecule has 3 rings (SSSR count). The number of aromatic nitrogens is 3. The molecular formula is C28H46N8O4. The van der Waals surface area contributed by atoms with Crippen LogP contribution >= 0.6 is 0 Å². The van der Waals surface area contributed by atoms with E-state index in [1.165, 1.54) is 0 Å². The summed E-state index contributed by atoms with van der Waals surface area (Å²) in [6.07, 6.45) is 5.02. The molecule has 1 heterocycles. The van der Waals surface area contributed by atoms with Crippen LogP contribution in [-0.4, -0.2) is 83.7 Å². The summed E-state index contributed by atoms with van der Waals surface area (Å²) in [5.41, 5.74) is 6.93. The molecule has 12 heteroatoms. The van der Waals surface area contributed by atoms with E-state index in [2.05, 4.69) is 50.1 Å². The minimum Gasteiger partial charge on any atom is -0.393 e. The van der Waals surface area contributed by atoms with E-state index in [0.29, 0.717) is 69.5 Å². The molecule has 1 aliphatic carbocycles. The molecule has 0 radical (unpaired) electrons. The van der Waals surface area contributed by atoms with E-state index in [0.717, 1.165) is 44.1 Å². The normalized spacial score (nSPS) is 17.0. The fourth-order valence-corrected chi connectivity index (χ4v) is 4.36. The van der Waals surface area contributed by atoms with E-state index < -0.39 is 0 Å². The summed E-state index contributed by atoms with van der Waals surface area (Å²) in [7, 11) is 0. The van der Waals surface area contributed by atoms with Gasteiger partial charge in [-0.1, -0.05) is 26.0 Å². The number of aliphatic hydroxyl groups excluding tert-OH is 1. The van der Waals surface area contributed by atoms with Crippen LogP contribution in [0.3, 0.4) is 0 Å². The zero-order valence-electron chi connectivity index (χ0n) is 23.8. The lowest BCUT2D eigenvalue weighted by Crippen LogP contribution is -2.29. The second-order valence-electron chi connectivity index (χ2n) is 9.93. The van der Waals surface area contributed by atoms with E-state index in [1.807, 2.05) is 12.1 Å².